The molecule has 3 aromatic rings. The van der Waals surface area contributed by atoms with E-state index in [4.69, 9.17) is 0 Å². The Labute approximate surface area is 132 Å². The molecule has 1 aromatic carbocycles. The monoisotopic (exact) mass is 312 g/mol. The minimum Gasteiger partial charge on any atom is -0.294 e. The SMILES string of the molecule is Cc1ccc2c(C(=O)Nc3nnc(C)n3C3CC3)csc2c1. The number of benzene rings is 1. The van der Waals surface area contributed by atoms with Gasteiger partial charge in [0.25, 0.3) is 5.91 Å². The van der Waals surface area contributed by atoms with Crippen molar-refractivity contribution in [3.05, 3.63) is 40.5 Å². The Bertz CT molecular complexity index is 876. The zero-order chi connectivity index (χ0) is 15.3. The summed E-state index contributed by atoms with van der Waals surface area (Å²) >= 11 is 1.59. The number of nitrogens with one attached hydrogen (secondary N) is 1. The summed E-state index contributed by atoms with van der Waals surface area (Å²) in [5, 5.41) is 14.0. The van der Waals surface area contributed by atoms with Crippen LogP contribution < -0.4 is 5.32 Å². The highest BCUT2D eigenvalue weighted by Gasteiger charge is 2.29. The summed E-state index contributed by atoms with van der Waals surface area (Å²) in [6.45, 7) is 3.98. The fourth-order valence-corrected chi connectivity index (χ4v) is 3.74. The number of fused-ring (bicyclic) bond motifs is 1. The number of thiophene rings is 1. The fraction of sp³-hybridized carbons (Fsp3) is 0.312. The van der Waals surface area contributed by atoms with Gasteiger partial charge in [-0.25, -0.2) is 0 Å². The van der Waals surface area contributed by atoms with Crippen LogP contribution in [-0.4, -0.2) is 20.7 Å². The van der Waals surface area contributed by atoms with Crippen LogP contribution >= 0.6 is 11.3 Å². The molecule has 0 atom stereocenters. The van der Waals surface area contributed by atoms with Crippen molar-refractivity contribution in [3.8, 4) is 0 Å². The molecule has 1 amide bonds. The lowest BCUT2D eigenvalue weighted by Crippen LogP contribution is -2.15. The lowest BCUT2D eigenvalue weighted by molar-refractivity contribution is 0.102. The zero-order valence-electron chi connectivity index (χ0n) is 12.5. The predicted molar refractivity (Wildman–Crippen MR) is 87.5 cm³/mol. The number of amides is 1. The van der Waals surface area contributed by atoms with Crippen molar-refractivity contribution in [2.75, 3.05) is 5.32 Å². The molecule has 1 fully saturated rings. The van der Waals surface area contributed by atoms with Gasteiger partial charge in [-0.1, -0.05) is 12.1 Å². The number of carbonyl (C=O) groups is 1. The van der Waals surface area contributed by atoms with E-state index in [0.717, 1.165) is 28.8 Å². The van der Waals surface area contributed by atoms with Crippen LogP contribution in [0.15, 0.2) is 23.6 Å². The predicted octanol–water partition coefficient (Wildman–Crippen LogP) is 3.70. The summed E-state index contributed by atoms with van der Waals surface area (Å²) in [4.78, 5) is 12.6. The van der Waals surface area contributed by atoms with Crippen LogP contribution in [0.3, 0.4) is 0 Å². The minimum atomic E-state index is -0.121. The van der Waals surface area contributed by atoms with Crippen molar-refractivity contribution in [2.45, 2.75) is 32.7 Å². The first-order chi connectivity index (χ1) is 10.6. The van der Waals surface area contributed by atoms with E-state index in [9.17, 15) is 4.79 Å². The normalized spacial score (nSPS) is 14.5. The Morgan fingerprint density at radius 3 is 2.91 bits per heavy atom. The van der Waals surface area contributed by atoms with Crippen molar-refractivity contribution in [1.29, 1.82) is 0 Å². The third kappa shape index (κ3) is 2.20. The average molecular weight is 312 g/mol. The maximum Gasteiger partial charge on any atom is 0.259 e. The van der Waals surface area contributed by atoms with Gasteiger partial charge in [0.2, 0.25) is 5.95 Å². The molecule has 22 heavy (non-hydrogen) atoms. The van der Waals surface area contributed by atoms with E-state index in [1.807, 2.05) is 29.0 Å². The van der Waals surface area contributed by atoms with Gasteiger partial charge >= 0.3 is 0 Å². The van der Waals surface area contributed by atoms with Crippen LogP contribution in [0.5, 0.6) is 0 Å². The molecule has 0 bridgehead atoms. The molecule has 1 saturated carbocycles. The summed E-state index contributed by atoms with van der Waals surface area (Å²) in [5.41, 5.74) is 1.90. The van der Waals surface area contributed by atoms with Gasteiger partial charge < -0.3 is 0 Å². The van der Waals surface area contributed by atoms with Gasteiger partial charge in [0, 0.05) is 21.5 Å². The molecule has 1 aliphatic rings. The van der Waals surface area contributed by atoms with E-state index in [2.05, 4.69) is 28.5 Å². The molecule has 6 heteroatoms. The quantitative estimate of drug-likeness (QED) is 0.802. The molecule has 2 heterocycles. The molecule has 112 valence electrons. The first kappa shape index (κ1) is 13.5. The van der Waals surface area contributed by atoms with Gasteiger partial charge in [0.05, 0.1) is 5.56 Å². The van der Waals surface area contributed by atoms with Crippen molar-refractivity contribution in [2.24, 2.45) is 0 Å². The molecular weight excluding hydrogens is 296 g/mol. The van der Waals surface area contributed by atoms with Crippen LogP contribution in [0.4, 0.5) is 5.95 Å². The van der Waals surface area contributed by atoms with Crippen LogP contribution in [0.2, 0.25) is 0 Å². The summed E-state index contributed by atoms with van der Waals surface area (Å²) in [7, 11) is 0. The largest absolute Gasteiger partial charge is 0.294 e. The zero-order valence-corrected chi connectivity index (χ0v) is 13.3. The molecule has 1 N–H and O–H groups in total. The number of aryl methyl sites for hydroxylation is 2. The fourth-order valence-electron chi connectivity index (χ4n) is 2.70. The number of hydrogen-bond acceptors (Lipinski definition) is 4. The number of carbonyl (C=O) groups excluding carboxylic acids is 1. The second-order valence-corrected chi connectivity index (χ2v) is 6.69. The van der Waals surface area contributed by atoms with Gasteiger partial charge in [0.15, 0.2) is 0 Å². The molecular formula is C16H16N4OS. The molecule has 0 unspecified atom stereocenters. The highest BCUT2D eigenvalue weighted by atomic mass is 32.1. The van der Waals surface area contributed by atoms with Crippen molar-refractivity contribution in [3.63, 3.8) is 0 Å². The topological polar surface area (TPSA) is 59.8 Å². The Kier molecular flexibility index (Phi) is 3.00. The number of aromatic nitrogens is 3. The van der Waals surface area contributed by atoms with Gasteiger partial charge in [0.1, 0.15) is 5.82 Å². The van der Waals surface area contributed by atoms with Gasteiger partial charge in [-0.3, -0.25) is 14.7 Å². The molecule has 0 saturated heterocycles. The summed E-state index contributed by atoms with van der Waals surface area (Å²) in [6, 6.07) is 6.58. The minimum absolute atomic E-state index is 0.121. The molecule has 0 radical (unpaired) electrons. The third-order valence-electron chi connectivity index (χ3n) is 3.98. The summed E-state index contributed by atoms with van der Waals surface area (Å²) in [5.74, 6) is 1.28. The van der Waals surface area contributed by atoms with E-state index in [1.165, 1.54) is 5.56 Å². The smallest absolute Gasteiger partial charge is 0.259 e. The number of anilines is 1. The summed E-state index contributed by atoms with van der Waals surface area (Å²) in [6.07, 6.45) is 2.25. The average Bonchev–Trinajstić information content (AvgIpc) is 3.13. The Morgan fingerprint density at radius 2 is 2.14 bits per heavy atom. The van der Waals surface area contributed by atoms with Crippen LogP contribution in [-0.2, 0) is 0 Å². The van der Waals surface area contributed by atoms with Crippen molar-refractivity contribution < 1.29 is 4.79 Å². The molecule has 0 aliphatic heterocycles. The van der Waals surface area contributed by atoms with Crippen LogP contribution in [0, 0.1) is 13.8 Å². The van der Waals surface area contributed by atoms with Crippen molar-refractivity contribution in [1.82, 2.24) is 14.8 Å². The molecule has 5 nitrogen and oxygen atoms in total. The van der Waals surface area contributed by atoms with Gasteiger partial charge in [-0.05, 0) is 38.3 Å². The van der Waals surface area contributed by atoms with E-state index in [1.54, 1.807) is 11.3 Å². The molecule has 1 aliphatic carbocycles. The first-order valence-electron chi connectivity index (χ1n) is 7.34. The second kappa shape index (κ2) is 4.91. The van der Waals surface area contributed by atoms with Crippen LogP contribution in [0.25, 0.3) is 10.1 Å². The number of rotatable bonds is 3. The van der Waals surface area contributed by atoms with E-state index in [0.29, 0.717) is 17.6 Å². The third-order valence-corrected chi connectivity index (χ3v) is 4.92. The highest BCUT2D eigenvalue weighted by molar-refractivity contribution is 7.17. The van der Waals surface area contributed by atoms with Gasteiger partial charge in [-0.15, -0.1) is 21.5 Å². The lowest BCUT2D eigenvalue weighted by Gasteiger charge is -2.07. The molecule has 4 rings (SSSR count). The Balaban J connectivity index is 1.67. The standard InChI is InChI=1S/C16H16N4OS/c1-9-3-6-12-13(8-22-14(12)7-9)15(21)17-16-19-18-10(2)20(16)11-4-5-11/h3,6-8,11H,4-5H2,1-2H3,(H,17,19,21). The van der Waals surface area contributed by atoms with Crippen molar-refractivity contribution >= 4 is 33.3 Å². The molecule has 0 spiro atoms. The summed E-state index contributed by atoms with van der Waals surface area (Å²) < 4.78 is 3.15. The lowest BCUT2D eigenvalue weighted by atomic mass is 10.1. The maximum absolute atomic E-state index is 12.6. The Hall–Kier alpha value is -2.21. The highest BCUT2D eigenvalue weighted by Crippen LogP contribution is 2.38. The number of nitrogens with zero attached hydrogens (tertiary/aromatic N) is 3. The first-order valence-corrected chi connectivity index (χ1v) is 8.22. The molecule has 2 aromatic heterocycles. The van der Waals surface area contributed by atoms with E-state index in [-0.39, 0.29) is 5.91 Å². The van der Waals surface area contributed by atoms with Crippen LogP contribution in [0.1, 0.15) is 40.6 Å². The number of hydrogen-bond donors (Lipinski definition) is 1. The van der Waals surface area contributed by atoms with Gasteiger partial charge in [-0.2, -0.15) is 0 Å². The Morgan fingerprint density at radius 1 is 1.32 bits per heavy atom. The maximum atomic E-state index is 12.6. The van der Waals surface area contributed by atoms with E-state index >= 15 is 0 Å². The second-order valence-electron chi connectivity index (χ2n) is 5.78. The van der Waals surface area contributed by atoms with E-state index < -0.39 is 0 Å².